The molecule has 0 heterocycles. The van der Waals surface area contributed by atoms with Gasteiger partial charge in [0.05, 0.1) is 12.5 Å². The third-order valence-electron chi connectivity index (χ3n) is 2.96. The van der Waals surface area contributed by atoms with E-state index in [1.807, 2.05) is 0 Å². The normalized spacial score (nSPS) is 14.0. The minimum atomic E-state index is -0.0352. The summed E-state index contributed by atoms with van der Waals surface area (Å²) >= 11 is 3.31. The van der Waals surface area contributed by atoms with Gasteiger partial charge in [-0.15, -0.1) is 0 Å². The number of nitrogens with zero attached hydrogens (tertiary/aromatic N) is 2. The smallest absolute Gasteiger partial charge is 0.254 e. The molecule has 2 rings (SSSR count). The van der Waals surface area contributed by atoms with Crippen LogP contribution < -0.4 is 5.73 Å². The Kier molecular flexibility index (Phi) is 3.87. The fourth-order valence-corrected chi connectivity index (χ4v) is 2.10. The first-order valence-electron chi connectivity index (χ1n) is 5.86. The number of amides is 1. The van der Waals surface area contributed by atoms with Gasteiger partial charge in [0.25, 0.3) is 5.91 Å². The molecule has 1 aromatic carbocycles. The molecule has 1 aliphatic rings. The molecule has 1 aromatic rings. The third kappa shape index (κ3) is 2.82. The van der Waals surface area contributed by atoms with Crippen LogP contribution in [0.1, 0.15) is 29.6 Å². The van der Waals surface area contributed by atoms with Crippen LogP contribution in [0.15, 0.2) is 22.7 Å². The van der Waals surface area contributed by atoms with Crippen molar-refractivity contribution in [2.75, 3.05) is 12.3 Å². The maximum absolute atomic E-state index is 12.3. The van der Waals surface area contributed by atoms with Crippen LogP contribution in [0.25, 0.3) is 0 Å². The van der Waals surface area contributed by atoms with Crippen molar-refractivity contribution in [2.24, 2.45) is 0 Å². The molecule has 1 aliphatic carbocycles. The summed E-state index contributed by atoms with van der Waals surface area (Å²) in [4.78, 5) is 14.1. The van der Waals surface area contributed by atoms with E-state index >= 15 is 0 Å². The highest BCUT2D eigenvalue weighted by Crippen LogP contribution is 2.29. The average Bonchev–Trinajstić information content (AvgIpc) is 3.17. The average molecular weight is 308 g/mol. The second kappa shape index (κ2) is 5.40. The second-order valence-electron chi connectivity index (χ2n) is 4.37. The zero-order chi connectivity index (χ0) is 13.1. The Balaban J connectivity index is 2.17. The van der Waals surface area contributed by atoms with Gasteiger partial charge in [-0.3, -0.25) is 4.79 Å². The van der Waals surface area contributed by atoms with Crippen LogP contribution in [0.4, 0.5) is 5.69 Å². The summed E-state index contributed by atoms with van der Waals surface area (Å²) in [5.41, 5.74) is 6.92. The van der Waals surface area contributed by atoms with Crippen molar-refractivity contribution in [3.05, 3.63) is 28.2 Å². The van der Waals surface area contributed by atoms with E-state index < -0.39 is 0 Å². The van der Waals surface area contributed by atoms with Crippen LogP contribution >= 0.6 is 15.9 Å². The highest BCUT2D eigenvalue weighted by molar-refractivity contribution is 9.10. The number of nitrogens with two attached hydrogens (primary N) is 1. The summed E-state index contributed by atoms with van der Waals surface area (Å²) in [6.45, 7) is 0.496. The number of halogens is 1. The Labute approximate surface area is 115 Å². The van der Waals surface area contributed by atoms with E-state index in [0.717, 1.165) is 17.3 Å². The Morgan fingerprint density at radius 2 is 2.28 bits per heavy atom. The molecule has 5 heteroatoms. The maximum atomic E-state index is 12.3. The lowest BCUT2D eigenvalue weighted by Gasteiger charge is -2.21. The minimum Gasteiger partial charge on any atom is -0.398 e. The fraction of sp³-hybridized carbons (Fsp3) is 0.385. The van der Waals surface area contributed by atoms with Crippen LogP contribution in [-0.4, -0.2) is 23.4 Å². The second-order valence-corrected chi connectivity index (χ2v) is 5.23. The van der Waals surface area contributed by atoms with Gasteiger partial charge < -0.3 is 10.6 Å². The van der Waals surface area contributed by atoms with Gasteiger partial charge in [-0.1, -0.05) is 0 Å². The molecule has 0 bridgehead atoms. The first-order valence-corrected chi connectivity index (χ1v) is 6.65. The van der Waals surface area contributed by atoms with Crippen molar-refractivity contribution in [3.63, 3.8) is 0 Å². The molecule has 4 nitrogen and oxygen atoms in total. The van der Waals surface area contributed by atoms with E-state index in [1.54, 1.807) is 23.1 Å². The first kappa shape index (κ1) is 12.9. The zero-order valence-corrected chi connectivity index (χ0v) is 11.5. The van der Waals surface area contributed by atoms with Crippen molar-refractivity contribution >= 4 is 27.5 Å². The van der Waals surface area contributed by atoms with Crippen molar-refractivity contribution in [2.45, 2.75) is 25.3 Å². The molecule has 2 N–H and O–H groups in total. The Morgan fingerprint density at radius 3 is 2.83 bits per heavy atom. The maximum Gasteiger partial charge on any atom is 0.254 e. The van der Waals surface area contributed by atoms with Gasteiger partial charge in [-0.25, -0.2) is 0 Å². The number of anilines is 1. The largest absolute Gasteiger partial charge is 0.398 e. The number of carbonyl (C=O) groups excluding carboxylic acids is 1. The Bertz CT molecular complexity index is 505. The molecule has 0 aromatic heterocycles. The van der Waals surface area contributed by atoms with Crippen molar-refractivity contribution in [1.29, 1.82) is 5.26 Å². The van der Waals surface area contributed by atoms with Crippen LogP contribution in [0.2, 0.25) is 0 Å². The van der Waals surface area contributed by atoms with Gasteiger partial charge in [0.2, 0.25) is 0 Å². The lowest BCUT2D eigenvalue weighted by atomic mass is 10.1. The predicted molar refractivity (Wildman–Crippen MR) is 72.8 cm³/mol. The van der Waals surface area contributed by atoms with Crippen molar-refractivity contribution < 1.29 is 4.79 Å². The van der Waals surface area contributed by atoms with Gasteiger partial charge in [0, 0.05) is 28.3 Å². The SMILES string of the molecule is N#CCCN(C(=O)c1ccc(Br)c(N)c1)C1CC1. The molecule has 1 amide bonds. The van der Waals surface area contributed by atoms with E-state index in [0.29, 0.717) is 30.3 Å². The summed E-state index contributed by atoms with van der Waals surface area (Å²) in [5, 5.41) is 8.64. The monoisotopic (exact) mass is 307 g/mol. The number of nitrogen functional groups attached to an aromatic ring is 1. The molecule has 0 atom stereocenters. The van der Waals surface area contributed by atoms with Gasteiger partial charge in [-0.05, 0) is 47.0 Å². The molecule has 94 valence electrons. The summed E-state index contributed by atoms with van der Waals surface area (Å²) in [6.07, 6.45) is 2.43. The number of benzene rings is 1. The highest BCUT2D eigenvalue weighted by atomic mass is 79.9. The van der Waals surface area contributed by atoms with Gasteiger partial charge in [-0.2, -0.15) is 5.26 Å². The van der Waals surface area contributed by atoms with Crippen LogP contribution in [0, 0.1) is 11.3 Å². The molecule has 1 fully saturated rings. The fourth-order valence-electron chi connectivity index (χ4n) is 1.85. The van der Waals surface area contributed by atoms with Crippen LogP contribution in [0.5, 0.6) is 0 Å². The number of carbonyl (C=O) groups is 1. The molecule has 0 aliphatic heterocycles. The molecule has 0 spiro atoms. The summed E-state index contributed by atoms with van der Waals surface area (Å²) in [5.74, 6) is -0.0352. The summed E-state index contributed by atoms with van der Waals surface area (Å²) < 4.78 is 0.786. The third-order valence-corrected chi connectivity index (χ3v) is 3.68. The van der Waals surface area contributed by atoms with E-state index in [9.17, 15) is 4.79 Å². The molecule has 1 saturated carbocycles. The molecule has 18 heavy (non-hydrogen) atoms. The minimum absolute atomic E-state index is 0.0352. The Morgan fingerprint density at radius 1 is 1.56 bits per heavy atom. The van der Waals surface area contributed by atoms with E-state index in [2.05, 4.69) is 22.0 Å². The summed E-state index contributed by atoms with van der Waals surface area (Å²) in [7, 11) is 0. The lowest BCUT2D eigenvalue weighted by Crippen LogP contribution is -2.33. The van der Waals surface area contributed by atoms with Crippen LogP contribution in [-0.2, 0) is 0 Å². The number of hydrogen-bond acceptors (Lipinski definition) is 3. The number of rotatable bonds is 4. The van der Waals surface area contributed by atoms with Gasteiger partial charge in [0.1, 0.15) is 0 Å². The zero-order valence-electron chi connectivity index (χ0n) is 9.90. The van der Waals surface area contributed by atoms with Gasteiger partial charge >= 0.3 is 0 Å². The Hall–Kier alpha value is -1.54. The predicted octanol–water partition coefficient (Wildman–Crippen LogP) is 2.55. The van der Waals surface area contributed by atoms with Gasteiger partial charge in [0.15, 0.2) is 0 Å². The van der Waals surface area contributed by atoms with E-state index in [4.69, 9.17) is 11.0 Å². The highest BCUT2D eigenvalue weighted by Gasteiger charge is 2.32. The van der Waals surface area contributed by atoms with E-state index in [1.165, 1.54) is 0 Å². The first-order chi connectivity index (χ1) is 8.63. The van der Waals surface area contributed by atoms with Crippen molar-refractivity contribution in [1.82, 2.24) is 4.90 Å². The number of hydrogen-bond donors (Lipinski definition) is 1. The molecule has 0 radical (unpaired) electrons. The molecule has 0 unspecified atom stereocenters. The topological polar surface area (TPSA) is 70.1 Å². The number of nitriles is 1. The summed E-state index contributed by atoms with van der Waals surface area (Å²) in [6, 6.07) is 7.59. The quantitative estimate of drug-likeness (QED) is 0.869. The van der Waals surface area contributed by atoms with Crippen molar-refractivity contribution in [3.8, 4) is 6.07 Å². The lowest BCUT2D eigenvalue weighted by molar-refractivity contribution is 0.0747. The standard InChI is InChI=1S/C13H14BrN3O/c14-11-5-2-9(8-12(11)16)13(18)17(7-1-6-15)10-3-4-10/h2,5,8,10H,1,3-4,7,16H2. The molecular weight excluding hydrogens is 294 g/mol. The van der Waals surface area contributed by atoms with E-state index in [-0.39, 0.29) is 5.91 Å². The molecular formula is C13H14BrN3O. The molecule has 0 saturated heterocycles. The van der Waals surface area contributed by atoms with Crippen LogP contribution in [0.3, 0.4) is 0 Å².